The molecule has 0 spiro atoms. The quantitative estimate of drug-likeness (QED) is 0.483. The number of benzene rings is 2. The van der Waals surface area contributed by atoms with E-state index in [0.29, 0.717) is 0 Å². The minimum absolute atomic E-state index is 0.105. The third kappa shape index (κ3) is 5.63. The summed E-state index contributed by atoms with van der Waals surface area (Å²) in [5, 5.41) is 5.95. The van der Waals surface area contributed by atoms with Crippen molar-refractivity contribution in [2.75, 3.05) is 10.0 Å². The number of aryl methyl sites for hydroxylation is 1. The molecule has 14 heteroatoms. The van der Waals surface area contributed by atoms with Gasteiger partial charge in [-0.3, -0.25) is 9.52 Å². The van der Waals surface area contributed by atoms with Gasteiger partial charge in [-0.15, -0.1) is 0 Å². The Morgan fingerprint density at radius 2 is 1.42 bits per heavy atom. The molecule has 0 saturated heterocycles. The molecule has 3 rings (SSSR count). The van der Waals surface area contributed by atoms with Crippen LogP contribution in [0.1, 0.15) is 27.2 Å². The van der Waals surface area contributed by atoms with Crippen LogP contribution < -0.4 is 10.0 Å². The van der Waals surface area contributed by atoms with Gasteiger partial charge in [0, 0.05) is 11.4 Å². The third-order valence-corrected chi connectivity index (χ3v) is 5.62. The van der Waals surface area contributed by atoms with Gasteiger partial charge in [0.2, 0.25) is 0 Å². The maximum absolute atomic E-state index is 13.0. The number of rotatable bonds is 5. The zero-order chi connectivity index (χ0) is 24.6. The first-order valence-electron chi connectivity index (χ1n) is 8.82. The van der Waals surface area contributed by atoms with Crippen molar-refractivity contribution in [1.29, 1.82) is 0 Å². The van der Waals surface area contributed by atoms with Crippen LogP contribution in [0.5, 0.6) is 0 Å². The molecule has 33 heavy (non-hydrogen) atoms. The normalized spacial score (nSPS) is 12.5. The first-order valence-corrected chi connectivity index (χ1v) is 10.3. The highest BCUT2D eigenvalue weighted by atomic mass is 32.2. The number of sulfonamides is 1. The largest absolute Gasteiger partial charge is 0.416 e. The third-order valence-electron chi connectivity index (χ3n) is 4.26. The van der Waals surface area contributed by atoms with E-state index in [9.17, 15) is 39.6 Å². The topological polar surface area (TPSA) is 101 Å². The van der Waals surface area contributed by atoms with Crippen molar-refractivity contribution in [3.05, 3.63) is 71.1 Å². The highest BCUT2D eigenvalue weighted by molar-refractivity contribution is 7.92. The van der Waals surface area contributed by atoms with Crippen LogP contribution in [0.25, 0.3) is 0 Å². The van der Waals surface area contributed by atoms with Gasteiger partial charge in [0.15, 0.2) is 0 Å². The molecule has 0 saturated carbocycles. The molecule has 1 heterocycles. The van der Waals surface area contributed by atoms with Gasteiger partial charge in [-0.1, -0.05) is 5.16 Å². The minimum Gasteiger partial charge on any atom is -0.361 e. The first-order chi connectivity index (χ1) is 15.2. The van der Waals surface area contributed by atoms with E-state index in [-0.39, 0.29) is 40.9 Å². The summed E-state index contributed by atoms with van der Waals surface area (Å²) < 4.78 is 110. The highest BCUT2D eigenvalue weighted by Crippen LogP contribution is 2.37. The van der Waals surface area contributed by atoms with Crippen molar-refractivity contribution in [1.82, 2.24) is 5.16 Å². The minimum atomic E-state index is -5.20. The molecule has 0 fully saturated rings. The fourth-order valence-electron chi connectivity index (χ4n) is 2.63. The summed E-state index contributed by atoms with van der Waals surface area (Å²) in [5.74, 6) is -0.304. The van der Waals surface area contributed by atoms with Crippen LogP contribution in [-0.4, -0.2) is 19.5 Å². The molecule has 0 aliphatic heterocycles. The summed E-state index contributed by atoms with van der Waals surface area (Å²) in [6.07, 6.45) is -9.21. The Kier molecular flexibility index (Phi) is 6.15. The molecule has 7 nitrogen and oxygen atoms in total. The van der Waals surface area contributed by atoms with E-state index in [0.717, 1.165) is 12.1 Å². The summed E-state index contributed by atoms with van der Waals surface area (Å²) in [6, 6.07) is 4.89. The average Bonchev–Trinajstić information content (AvgIpc) is 3.13. The summed E-state index contributed by atoms with van der Waals surface area (Å²) in [6.45, 7) is 1.51. The summed E-state index contributed by atoms with van der Waals surface area (Å²) in [5.41, 5.74) is -3.31. The van der Waals surface area contributed by atoms with Gasteiger partial charge < -0.3 is 9.84 Å². The first kappa shape index (κ1) is 24.1. The van der Waals surface area contributed by atoms with E-state index in [2.05, 4.69) is 10.5 Å². The van der Waals surface area contributed by atoms with Gasteiger partial charge in [0.25, 0.3) is 15.9 Å². The fraction of sp³-hybridized carbons (Fsp3) is 0.158. The Bertz CT molecular complexity index is 1250. The van der Waals surface area contributed by atoms with Crippen LogP contribution in [0, 0.1) is 6.92 Å². The van der Waals surface area contributed by atoms with Crippen LogP contribution >= 0.6 is 0 Å². The van der Waals surface area contributed by atoms with Gasteiger partial charge in [0.1, 0.15) is 11.3 Å². The Hall–Kier alpha value is -3.55. The van der Waals surface area contributed by atoms with Crippen molar-refractivity contribution >= 4 is 27.3 Å². The second-order valence-electron chi connectivity index (χ2n) is 6.67. The molecule has 1 amide bonds. The standard InChI is InChI=1S/C19H13F6N3O4S/c1-10-16(9-26-32-10)17(29)27-13-2-4-14(5-3-13)28-33(30,31)15-7-11(18(20,21)22)6-12(8-15)19(23,24)25/h2-9,28H,1H3,(H,27,29). The molecule has 0 bridgehead atoms. The number of halogens is 6. The molecule has 0 atom stereocenters. The van der Waals surface area contributed by atoms with E-state index < -0.39 is 44.3 Å². The Balaban J connectivity index is 1.84. The Morgan fingerprint density at radius 1 is 0.909 bits per heavy atom. The molecule has 0 aliphatic rings. The lowest BCUT2D eigenvalue weighted by atomic mass is 10.1. The predicted molar refractivity (Wildman–Crippen MR) is 103 cm³/mol. The van der Waals surface area contributed by atoms with E-state index in [1.54, 1.807) is 0 Å². The average molecular weight is 493 g/mol. The smallest absolute Gasteiger partial charge is 0.361 e. The number of nitrogens with zero attached hydrogens (tertiary/aromatic N) is 1. The molecular formula is C19H13F6N3O4S. The molecule has 0 radical (unpaired) electrons. The lowest BCUT2D eigenvalue weighted by molar-refractivity contribution is -0.143. The monoisotopic (exact) mass is 493 g/mol. The molecule has 176 valence electrons. The second-order valence-corrected chi connectivity index (χ2v) is 8.36. The SMILES string of the molecule is Cc1oncc1C(=O)Nc1ccc(NS(=O)(=O)c2cc(C(F)(F)F)cc(C(F)(F)F)c2)cc1. The second kappa shape index (κ2) is 8.42. The number of aromatic nitrogens is 1. The maximum atomic E-state index is 13.0. The lowest BCUT2D eigenvalue weighted by Crippen LogP contribution is -2.17. The molecule has 2 aromatic carbocycles. The van der Waals surface area contributed by atoms with Gasteiger partial charge in [0.05, 0.1) is 22.2 Å². The zero-order valence-corrected chi connectivity index (χ0v) is 17.2. The molecule has 1 aromatic heterocycles. The van der Waals surface area contributed by atoms with E-state index in [4.69, 9.17) is 4.52 Å². The van der Waals surface area contributed by atoms with E-state index in [1.165, 1.54) is 25.3 Å². The van der Waals surface area contributed by atoms with Crippen molar-refractivity contribution in [3.8, 4) is 0 Å². The van der Waals surface area contributed by atoms with Gasteiger partial charge in [-0.05, 0) is 49.4 Å². The number of carbonyl (C=O) groups is 1. The number of alkyl halides is 6. The molecule has 0 aliphatic carbocycles. The van der Waals surface area contributed by atoms with Crippen molar-refractivity contribution in [3.63, 3.8) is 0 Å². The Labute approximate surface area is 182 Å². The summed E-state index contributed by atoms with van der Waals surface area (Å²) >= 11 is 0. The predicted octanol–water partition coefficient (Wildman–Crippen LogP) is 5.07. The molecular weight excluding hydrogens is 480 g/mol. The van der Waals surface area contributed by atoms with Crippen molar-refractivity contribution in [2.45, 2.75) is 24.2 Å². The van der Waals surface area contributed by atoms with Crippen molar-refractivity contribution in [2.24, 2.45) is 0 Å². The summed E-state index contributed by atoms with van der Waals surface area (Å²) in [4.78, 5) is 10.9. The maximum Gasteiger partial charge on any atom is 0.416 e. The van der Waals surface area contributed by atoms with Crippen LogP contribution in [0.4, 0.5) is 37.7 Å². The summed E-state index contributed by atoms with van der Waals surface area (Å²) in [7, 11) is -4.81. The number of hydrogen-bond donors (Lipinski definition) is 2. The van der Waals surface area contributed by atoms with E-state index >= 15 is 0 Å². The lowest BCUT2D eigenvalue weighted by Gasteiger charge is -2.15. The fourth-order valence-corrected chi connectivity index (χ4v) is 3.76. The van der Waals surface area contributed by atoms with Gasteiger partial charge >= 0.3 is 12.4 Å². The molecule has 0 unspecified atom stereocenters. The number of amides is 1. The number of hydrogen-bond acceptors (Lipinski definition) is 5. The van der Waals surface area contributed by atoms with Crippen LogP contribution in [-0.2, 0) is 22.4 Å². The highest BCUT2D eigenvalue weighted by Gasteiger charge is 2.38. The van der Waals surface area contributed by atoms with E-state index in [1.807, 2.05) is 4.72 Å². The molecule has 3 aromatic rings. The van der Waals surface area contributed by atoms with Gasteiger partial charge in [-0.2, -0.15) is 26.3 Å². The van der Waals surface area contributed by atoms with Crippen molar-refractivity contribution < 1.29 is 44.1 Å². The number of anilines is 2. The number of carbonyl (C=O) groups excluding carboxylic acids is 1. The number of nitrogens with one attached hydrogen (secondary N) is 2. The van der Waals surface area contributed by atoms with Crippen LogP contribution in [0.3, 0.4) is 0 Å². The zero-order valence-electron chi connectivity index (χ0n) is 16.4. The van der Waals surface area contributed by atoms with Gasteiger partial charge in [-0.25, -0.2) is 8.42 Å². The molecule has 2 N–H and O–H groups in total. The van der Waals surface area contributed by atoms with Crippen LogP contribution in [0.2, 0.25) is 0 Å². The van der Waals surface area contributed by atoms with Crippen LogP contribution in [0.15, 0.2) is 58.1 Å². The Morgan fingerprint density at radius 3 is 1.88 bits per heavy atom.